The highest BCUT2D eigenvalue weighted by Gasteiger charge is 2.18. The molecule has 2 nitrogen and oxygen atoms in total. The molecule has 0 atom stereocenters. The molecular formula is C16H16ClFN2. The molecule has 1 aliphatic heterocycles. The van der Waals surface area contributed by atoms with Crippen molar-refractivity contribution in [2.24, 2.45) is 0 Å². The van der Waals surface area contributed by atoms with E-state index in [0.717, 1.165) is 36.3 Å². The summed E-state index contributed by atoms with van der Waals surface area (Å²) < 4.78 is 13.5. The molecule has 4 heteroatoms. The smallest absolute Gasteiger partial charge is 0.142 e. The number of nitrogens with two attached hydrogens (primary N) is 1. The van der Waals surface area contributed by atoms with Crippen LogP contribution in [0.25, 0.3) is 0 Å². The van der Waals surface area contributed by atoms with Gasteiger partial charge in [-0.05, 0) is 48.2 Å². The standard InChI is InChI=1S/C16H16ClFN2/c17-13-7-6-11(9-14(13)18)10-20-8-2-3-12-15(19)4-1-5-16(12)20/h1,4-7,9H,2-3,8,10,19H2. The van der Waals surface area contributed by atoms with Gasteiger partial charge in [0.2, 0.25) is 0 Å². The number of halogens is 2. The van der Waals surface area contributed by atoms with Crippen LogP contribution in [-0.4, -0.2) is 6.54 Å². The summed E-state index contributed by atoms with van der Waals surface area (Å²) in [6, 6.07) is 11.0. The Balaban J connectivity index is 1.89. The first-order valence-electron chi connectivity index (χ1n) is 6.71. The Bertz CT molecular complexity index is 642. The number of benzene rings is 2. The quantitative estimate of drug-likeness (QED) is 0.847. The van der Waals surface area contributed by atoms with Gasteiger partial charge in [-0.1, -0.05) is 23.7 Å². The van der Waals surface area contributed by atoms with Crippen molar-refractivity contribution in [3.05, 3.63) is 58.4 Å². The molecule has 0 saturated carbocycles. The second kappa shape index (κ2) is 5.33. The molecule has 104 valence electrons. The zero-order valence-corrected chi connectivity index (χ0v) is 11.8. The first-order chi connectivity index (χ1) is 9.65. The van der Waals surface area contributed by atoms with Gasteiger partial charge in [-0.25, -0.2) is 4.39 Å². The topological polar surface area (TPSA) is 29.3 Å². The van der Waals surface area contributed by atoms with E-state index in [9.17, 15) is 4.39 Å². The van der Waals surface area contributed by atoms with Crippen molar-refractivity contribution in [1.82, 2.24) is 0 Å². The summed E-state index contributed by atoms with van der Waals surface area (Å²) in [5.41, 5.74) is 10.2. The fraction of sp³-hybridized carbons (Fsp3) is 0.250. The molecule has 0 fully saturated rings. The van der Waals surface area contributed by atoms with Gasteiger partial charge in [-0.2, -0.15) is 0 Å². The monoisotopic (exact) mass is 290 g/mol. The number of rotatable bonds is 2. The fourth-order valence-electron chi connectivity index (χ4n) is 2.75. The minimum absolute atomic E-state index is 0.164. The lowest BCUT2D eigenvalue weighted by atomic mass is 9.99. The number of nitrogen functional groups attached to an aromatic ring is 1. The SMILES string of the molecule is Nc1cccc2c1CCCN2Cc1ccc(Cl)c(F)c1. The molecule has 0 spiro atoms. The molecule has 1 heterocycles. The second-order valence-electron chi connectivity index (χ2n) is 5.12. The van der Waals surface area contributed by atoms with E-state index in [0.29, 0.717) is 6.54 Å². The van der Waals surface area contributed by atoms with Crippen molar-refractivity contribution in [1.29, 1.82) is 0 Å². The molecule has 0 unspecified atom stereocenters. The van der Waals surface area contributed by atoms with Crippen LogP contribution in [0.3, 0.4) is 0 Å². The lowest BCUT2D eigenvalue weighted by Crippen LogP contribution is -2.29. The summed E-state index contributed by atoms with van der Waals surface area (Å²) in [7, 11) is 0. The van der Waals surface area contributed by atoms with E-state index in [1.165, 1.54) is 11.6 Å². The summed E-state index contributed by atoms with van der Waals surface area (Å²) in [5, 5.41) is 0.164. The van der Waals surface area contributed by atoms with Gasteiger partial charge in [0.1, 0.15) is 5.82 Å². The molecule has 2 aromatic rings. The molecule has 2 N–H and O–H groups in total. The maximum absolute atomic E-state index is 13.5. The molecule has 0 aromatic heterocycles. The van der Waals surface area contributed by atoms with E-state index < -0.39 is 0 Å². The molecule has 20 heavy (non-hydrogen) atoms. The first-order valence-corrected chi connectivity index (χ1v) is 7.09. The molecular weight excluding hydrogens is 275 g/mol. The van der Waals surface area contributed by atoms with Gasteiger partial charge in [-0.15, -0.1) is 0 Å². The van der Waals surface area contributed by atoms with E-state index in [1.54, 1.807) is 6.07 Å². The van der Waals surface area contributed by atoms with E-state index in [-0.39, 0.29) is 10.8 Å². The molecule has 1 aliphatic rings. The third-order valence-electron chi connectivity index (χ3n) is 3.74. The van der Waals surface area contributed by atoms with E-state index >= 15 is 0 Å². The highest BCUT2D eigenvalue weighted by Crippen LogP contribution is 2.32. The molecule has 0 saturated heterocycles. The van der Waals surface area contributed by atoms with Gasteiger partial charge in [0, 0.05) is 24.5 Å². The van der Waals surface area contributed by atoms with Gasteiger partial charge in [0.05, 0.1) is 5.02 Å². The highest BCUT2D eigenvalue weighted by molar-refractivity contribution is 6.30. The summed E-state index contributed by atoms with van der Waals surface area (Å²) in [5.74, 6) is -0.367. The Kier molecular flexibility index (Phi) is 3.53. The minimum atomic E-state index is -0.367. The van der Waals surface area contributed by atoms with Crippen LogP contribution in [0.1, 0.15) is 17.5 Å². The number of hydrogen-bond donors (Lipinski definition) is 1. The van der Waals surface area contributed by atoms with Crippen LogP contribution in [0.4, 0.5) is 15.8 Å². The van der Waals surface area contributed by atoms with Gasteiger partial charge in [0.25, 0.3) is 0 Å². The van der Waals surface area contributed by atoms with Crippen molar-refractivity contribution in [2.45, 2.75) is 19.4 Å². The van der Waals surface area contributed by atoms with Crippen LogP contribution in [-0.2, 0) is 13.0 Å². The molecule has 2 aromatic carbocycles. The molecule has 0 amide bonds. The van der Waals surface area contributed by atoms with Crippen LogP contribution in [0.15, 0.2) is 36.4 Å². The lowest BCUT2D eigenvalue weighted by molar-refractivity contribution is 0.623. The Hall–Kier alpha value is -1.74. The Morgan fingerprint density at radius 1 is 1.25 bits per heavy atom. The van der Waals surface area contributed by atoms with Crippen molar-refractivity contribution in [3.63, 3.8) is 0 Å². The summed E-state index contributed by atoms with van der Waals surface area (Å²) in [4.78, 5) is 2.25. The minimum Gasteiger partial charge on any atom is -0.398 e. The van der Waals surface area contributed by atoms with Gasteiger partial charge in [-0.3, -0.25) is 0 Å². The maximum atomic E-state index is 13.5. The Morgan fingerprint density at radius 3 is 2.90 bits per heavy atom. The predicted octanol–water partition coefficient (Wildman–Crippen LogP) is 4.01. The second-order valence-corrected chi connectivity index (χ2v) is 5.53. The van der Waals surface area contributed by atoms with Crippen LogP contribution in [0.2, 0.25) is 5.02 Å². The van der Waals surface area contributed by atoms with Gasteiger partial charge in [0.15, 0.2) is 0 Å². The van der Waals surface area contributed by atoms with E-state index in [1.807, 2.05) is 18.2 Å². The number of hydrogen-bond acceptors (Lipinski definition) is 2. The highest BCUT2D eigenvalue weighted by atomic mass is 35.5. The van der Waals surface area contributed by atoms with Crippen molar-refractivity contribution < 1.29 is 4.39 Å². The van der Waals surface area contributed by atoms with Crippen molar-refractivity contribution >= 4 is 23.0 Å². The number of fused-ring (bicyclic) bond motifs is 1. The first kappa shape index (κ1) is 13.3. The zero-order chi connectivity index (χ0) is 14.1. The third kappa shape index (κ3) is 2.46. The summed E-state index contributed by atoms with van der Waals surface area (Å²) >= 11 is 5.72. The molecule has 0 aliphatic carbocycles. The van der Waals surface area contributed by atoms with Crippen LogP contribution >= 0.6 is 11.6 Å². The van der Waals surface area contributed by atoms with Crippen molar-refractivity contribution in [3.8, 4) is 0 Å². The average Bonchev–Trinajstić information content (AvgIpc) is 2.44. The Labute approximate surface area is 123 Å². The van der Waals surface area contributed by atoms with Gasteiger partial charge >= 0.3 is 0 Å². The van der Waals surface area contributed by atoms with Crippen molar-refractivity contribution in [2.75, 3.05) is 17.2 Å². The molecule has 0 radical (unpaired) electrons. The average molecular weight is 291 g/mol. The zero-order valence-electron chi connectivity index (χ0n) is 11.1. The predicted molar refractivity (Wildman–Crippen MR) is 81.6 cm³/mol. The normalized spacial score (nSPS) is 14.2. The fourth-order valence-corrected chi connectivity index (χ4v) is 2.87. The lowest BCUT2D eigenvalue weighted by Gasteiger charge is -2.32. The third-order valence-corrected chi connectivity index (χ3v) is 4.05. The summed E-state index contributed by atoms with van der Waals surface area (Å²) in [6.45, 7) is 1.63. The van der Waals surface area contributed by atoms with Crippen LogP contribution in [0, 0.1) is 5.82 Å². The maximum Gasteiger partial charge on any atom is 0.142 e. The number of anilines is 2. The Morgan fingerprint density at radius 2 is 2.10 bits per heavy atom. The van der Waals surface area contributed by atoms with Crippen LogP contribution in [0.5, 0.6) is 0 Å². The largest absolute Gasteiger partial charge is 0.398 e. The van der Waals surface area contributed by atoms with Crippen LogP contribution < -0.4 is 10.6 Å². The molecule has 3 rings (SSSR count). The summed E-state index contributed by atoms with van der Waals surface area (Å²) in [6.07, 6.45) is 2.07. The van der Waals surface area contributed by atoms with E-state index in [4.69, 9.17) is 17.3 Å². The molecule has 0 bridgehead atoms. The number of nitrogens with zero attached hydrogens (tertiary/aromatic N) is 1. The van der Waals surface area contributed by atoms with Gasteiger partial charge < -0.3 is 10.6 Å². The van der Waals surface area contributed by atoms with E-state index in [2.05, 4.69) is 11.0 Å².